The van der Waals surface area contributed by atoms with Gasteiger partial charge in [0.1, 0.15) is 0 Å². The topological polar surface area (TPSA) is 26.0 Å². The summed E-state index contributed by atoms with van der Waals surface area (Å²) >= 11 is 0. The van der Waals surface area contributed by atoms with Gasteiger partial charge in [0, 0.05) is 6.20 Å². The predicted molar refractivity (Wildman–Crippen MR) is 42.4 cm³/mol. The van der Waals surface area contributed by atoms with E-state index in [-0.39, 0.29) is 0 Å². The van der Waals surface area contributed by atoms with Gasteiger partial charge in [0.05, 0.1) is 5.57 Å². The Kier molecular flexibility index (Phi) is 3.86. The molecule has 0 heterocycles. The Balaban J connectivity index is 4.63. The summed E-state index contributed by atoms with van der Waals surface area (Å²) in [6.07, 6.45) is -2.11. The molecule has 0 unspecified atom stereocenters. The number of rotatable bonds is 2. The molecule has 0 atom stereocenters. The van der Waals surface area contributed by atoms with Crippen LogP contribution in [0.3, 0.4) is 0 Å². The van der Waals surface area contributed by atoms with Crippen LogP contribution in [0.5, 0.6) is 0 Å². The van der Waals surface area contributed by atoms with Gasteiger partial charge in [-0.2, -0.15) is 13.2 Å². The van der Waals surface area contributed by atoms with E-state index in [0.717, 1.165) is 6.08 Å². The van der Waals surface area contributed by atoms with E-state index < -0.39 is 11.7 Å². The molecule has 2 N–H and O–H groups in total. The van der Waals surface area contributed by atoms with E-state index in [2.05, 4.69) is 0 Å². The molecular weight excluding hydrogens is 167 g/mol. The van der Waals surface area contributed by atoms with Crippen LogP contribution in [0, 0.1) is 0 Å². The molecule has 0 aromatic rings. The van der Waals surface area contributed by atoms with Gasteiger partial charge in [0.2, 0.25) is 0 Å². The highest BCUT2D eigenvalue weighted by Gasteiger charge is 2.31. The van der Waals surface area contributed by atoms with E-state index in [9.17, 15) is 13.2 Å². The molecule has 12 heavy (non-hydrogen) atoms. The second-order valence-electron chi connectivity index (χ2n) is 2.46. The van der Waals surface area contributed by atoms with Crippen LogP contribution in [0.4, 0.5) is 13.2 Å². The van der Waals surface area contributed by atoms with Crippen molar-refractivity contribution in [3.63, 3.8) is 0 Å². The van der Waals surface area contributed by atoms with Crippen LogP contribution in [-0.2, 0) is 0 Å². The maximum atomic E-state index is 12.0. The minimum Gasteiger partial charge on any atom is -0.404 e. The number of alkyl halides is 3. The number of allylic oxidation sites excluding steroid dienone is 3. The van der Waals surface area contributed by atoms with Crippen LogP contribution in [0.15, 0.2) is 23.4 Å². The van der Waals surface area contributed by atoms with Crippen molar-refractivity contribution < 1.29 is 13.2 Å². The molecule has 0 bridgehead atoms. The summed E-state index contributed by atoms with van der Waals surface area (Å²) < 4.78 is 36.1. The van der Waals surface area contributed by atoms with Gasteiger partial charge in [0.15, 0.2) is 0 Å². The standard InChI is InChI=1S/C8H12F3N/c1-3-6(2)4-7(5-12)8(9,10)11/h4-5H,3,12H2,1-2H3/b6-4-,7-5+. The van der Waals surface area contributed by atoms with Gasteiger partial charge < -0.3 is 5.73 Å². The molecule has 4 heteroatoms. The molecular formula is C8H12F3N. The third kappa shape index (κ3) is 3.46. The average Bonchev–Trinajstić information content (AvgIpc) is 1.97. The van der Waals surface area contributed by atoms with Crippen LogP contribution in [0.2, 0.25) is 0 Å². The van der Waals surface area contributed by atoms with Crippen molar-refractivity contribution in [3.8, 4) is 0 Å². The van der Waals surface area contributed by atoms with E-state index in [0.29, 0.717) is 18.2 Å². The van der Waals surface area contributed by atoms with Crippen LogP contribution in [-0.4, -0.2) is 6.18 Å². The minimum absolute atomic E-state index is 0.582. The predicted octanol–water partition coefficient (Wildman–Crippen LogP) is 2.75. The average molecular weight is 179 g/mol. The summed E-state index contributed by atoms with van der Waals surface area (Å²) in [6, 6.07) is 0. The van der Waals surface area contributed by atoms with Gasteiger partial charge in [-0.15, -0.1) is 0 Å². The minimum atomic E-state index is -4.34. The van der Waals surface area contributed by atoms with Crippen molar-refractivity contribution >= 4 is 0 Å². The third-order valence-electron chi connectivity index (χ3n) is 1.47. The maximum absolute atomic E-state index is 12.0. The highest BCUT2D eigenvalue weighted by molar-refractivity contribution is 5.26. The summed E-state index contributed by atoms with van der Waals surface area (Å²) in [7, 11) is 0. The van der Waals surface area contributed by atoms with E-state index in [1.165, 1.54) is 0 Å². The van der Waals surface area contributed by atoms with E-state index in [1.54, 1.807) is 13.8 Å². The Hall–Kier alpha value is -0.930. The fraction of sp³-hybridized carbons (Fsp3) is 0.500. The highest BCUT2D eigenvalue weighted by Crippen LogP contribution is 2.26. The van der Waals surface area contributed by atoms with Crippen LogP contribution < -0.4 is 5.73 Å². The maximum Gasteiger partial charge on any atom is 0.417 e. The number of halogens is 3. The molecule has 0 rings (SSSR count). The smallest absolute Gasteiger partial charge is 0.404 e. The molecule has 0 aromatic carbocycles. The van der Waals surface area contributed by atoms with Crippen LogP contribution >= 0.6 is 0 Å². The molecule has 0 aliphatic carbocycles. The van der Waals surface area contributed by atoms with Crippen molar-refractivity contribution in [1.82, 2.24) is 0 Å². The Labute approximate surface area is 69.8 Å². The number of hydrogen-bond donors (Lipinski definition) is 1. The Morgan fingerprint density at radius 2 is 1.92 bits per heavy atom. The van der Waals surface area contributed by atoms with Gasteiger partial charge >= 0.3 is 6.18 Å². The molecule has 0 aromatic heterocycles. The summed E-state index contributed by atoms with van der Waals surface area (Å²) in [5, 5.41) is 0. The van der Waals surface area contributed by atoms with Gasteiger partial charge in [-0.05, 0) is 19.4 Å². The van der Waals surface area contributed by atoms with Crippen molar-refractivity contribution in [2.45, 2.75) is 26.4 Å². The fourth-order valence-electron chi connectivity index (χ4n) is 0.592. The van der Waals surface area contributed by atoms with E-state index >= 15 is 0 Å². The molecule has 0 aliphatic heterocycles. The lowest BCUT2D eigenvalue weighted by atomic mass is 10.1. The van der Waals surface area contributed by atoms with Crippen molar-refractivity contribution in [3.05, 3.63) is 23.4 Å². The molecule has 0 radical (unpaired) electrons. The Morgan fingerprint density at radius 3 is 2.17 bits per heavy atom. The molecule has 0 aliphatic rings. The highest BCUT2D eigenvalue weighted by atomic mass is 19.4. The lowest BCUT2D eigenvalue weighted by Gasteiger charge is -2.07. The Morgan fingerprint density at radius 1 is 1.42 bits per heavy atom. The summed E-state index contributed by atoms with van der Waals surface area (Å²) in [5.74, 6) is 0. The van der Waals surface area contributed by atoms with Gasteiger partial charge in [-0.3, -0.25) is 0 Å². The summed E-state index contributed by atoms with van der Waals surface area (Å²) in [6.45, 7) is 3.42. The lowest BCUT2D eigenvalue weighted by Crippen LogP contribution is -2.12. The first-order valence-corrected chi connectivity index (χ1v) is 3.58. The largest absolute Gasteiger partial charge is 0.417 e. The lowest BCUT2D eigenvalue weighted by molar-refractivity contribution is -0.0884. The number of hydrogen-bond acceptors (Lipinski definition) is 1. The molecule has 70 valence electrons. The molecule has 0 spiro atoms. The normalized spacial score (nSPS) is 15.1. The van der Waals surface area contributed by atoms with Crippen LogP contribution in [0.1, 0.15) is 20.3 Å². The molecule has 0 fully saturated rings. The van der Waals surface area contributed by atoms with Crippen molar-refractivity contribution in [2.24, 2.45) is 5.73 Å². The van der Waals surface area contributed by atoms with Crippen molar-refractivity contribution in [1.29, 1.82) is 0 Å². The first-order valence-electron chi connectivity index (χ1n) is 3.58. The monoisotopic (exact) mass is 179 g/mol. The quantitative estimate of drug-likeness (QED) is 0.648. The fourth-order valence-corrected chi connectivity index (χ4v) is 0.592. The molecule has 1 nitrogen and oxygen atoms in total. The first kappa shape index (κ1) is 11.1. The zero-order chi connectivity index (χ0) is 9.78. The number of nitrogens with two attached hydrogens (primary N) is 1. The zero-order valence-electron chi connectivity index (χ0n) is 7.07. The van der Waals surface area contributed by atoms with Gasteiger partial charge in [-0.1, -0.05) is 12.5 Å². The first-order chi connectivity index (χ1) is 5.41. The summed E-state index contributed by atoms with van der Waals surface area (Å²) in [4.78, 5) is 0. The third-order valence-corrected chi connectivity index (χ3v) is 1.47. The zero-order valence-corrected chi connectivity index (χ0v) is 7.07. The second-order valence-corrected chi connectivity index (χ2v) is 2.46. The molecule has 0 saturated carbocycles. The Bertz CT molecular complexity index is 201. The second kappa shape index (κ2) is 4.18. The van der Waals surface area contributed by atoms with Gasteiger partial charge in [-0.25, -0.2) is 0 Å². The summed E-state index contributed by atoms with van der Waals surface area (Å²) in [5.41, 5.74) is 4.70. The van der Waals surface area contributed by atoms with Gasteiger partial charge in [0.25, 0.3) is 0 Å². The van der Waals surface area contributed by atoms with Crippen molar-refractivity contribution in [2.75, 3.05) is 0 Å². The van der Waals surface area contributed by atoms with E-state index in [1.807, 2.05) is 0 Å². The van der Waals surface area contributed by atoms with E-state index in [4.69, 9.17) is 5.73 Å². The molecule has 0 amide bonds. The molecule has 0 saturated heterocycles. The SMILES string of the molecule is CC/C(C)=C\C(=C/N)C(F)(F)F. The van der Waals surface area contributed by atoms with Crippen LogP contribution in [0.25, 0.3) is 0 Å².